The number of benzene rings is 2. The van der Waals surface area contributed by atoms with Crippen LogP contribution < -0.4 is 10.2 Å². The lowest BCUT2D eigenvalue weighted by atomic mass is 10.1. The molecule has 0 bridgehead atoms. The number of carbonyl (C=O) groups excluding carboxylic acids is 1. The predicted molar refractivity (Wildman–Crippen MR) is 119 cm³/mol. The highest BCUT2D eigenvalue weighted by Crippen LogP contribution is 2.28. The number of amides is 1. The van der Waals surface area contributed by atoms with Crippen molar-refractivity contribution in [3.8, 4) is 0 Å². The normalized spacial score (nSPS) is 14.7. The summed E-state index contributed by atoms with van der Waals surface area (Å²) in [6.07, 6.45) is 0. The van der Waals surface area contributed by atoms with E-state index >= 15 is 0 Å². The van der Waals surface area contributed by atoms with Crippen LogP contribution in [0.5, 0.6) is 0 Å². The Morgan fingerprint density at radius 1 is 1.16 bits per heavy atom. The molecule has 0 radical (unpaired) electrons. The first-order valence-corrected chi connectivity index (χ1v) is 11.8. The van der Waals surface area contributed by atoms with Crippen molar-refractivity contribution in [1.29, 1.82) is 0 Å². The molecule has 1 N–H and O–H groups in total. The van der Waals surface area contributed by atoms with Crippen LogP contribution in [0.25, 0.3) is 0 Å². The Morgan fingerprint density at radius 3 is 2.45 bits per heavy atom. The van der Waals surface area contributed by atoms with E-state index in [-0.39, 0.29) is 15.5 Å². The summed E-state index contributed by atoms with van der Waals surface area (Å²) in [5.41, 5.74) is 1.12. The summed E-state index contributed by atoms with van der Waals surface area (Å²) in [6, 6.07) is 8.41. The van der Waals surface area contributed by atoms with Gasteiger partial charge in [0.05, 0.1) is 28.7 Å². The van der Waals surface area contributed by atoms with Gasteiger partial charge >= 0.3 is 0 Å². The number of ether oxygens (including phenoxy) is 1. The third kappa shape index (κ3) is 5.17. The number of hydrogen-bond donors (Lipinski definition) is 1. The zero-order valence-corrected chi connectivity index (χ0v) is 19.0. The van der Waals surface area contributed by atoms with Gasteiger partial charge in [-0.3, -0.25) is 4.79 Å². The van der Waals surface area contributed by atoms with E-state index in [1.54, 1.807) is 19.9 Å². The quantitative estimate of drug-likeness (QED) is 0.670. The molecule has 0 aromatic heterocycles. The zero-order chi connectivity index (χ0) is 22.6. The van der Waals surface area contributed by atoms with Crippen LogP contribution in [-0.4, -0.2) is 58.0 Å². The molecule has 0 unspecified atom stereocenters. The topological polar surface area (TPSA) is 79.0 Å². The molecule has 0 aliphatic carbocycles. The highest BCUT2D eigenvalue weighted by Gasteiger charge is 2.26. The number of carbonyl (C=O) groups is 1. The van der Waals surface area contributed by atoms with E-state index in [1.807, 2.05) is 4.90 Å². The second-order valence-electron chi connectivity index (χ2n) is 6.95. The number of morpholine rings is 1. The Hall–Kier alpha value is -2.20. The summed E-state index contributed by atoms with van der Waals surface area (Å²) in [6.45, 7) is 6.32. The van der Waals surface area contributed by atoms with Gasteiger partial charge in [0.25, 0.3) is 5.91 Å². The Morgan fingerprint density at radius 2 is 1.84 bits per heavy atom. The molecule has 7 nitrogen and oxygen atoms in total. The minimum absolute atomic E-state index is 0.0375. The molecule has 0 spiro atoms. The third-order valence-electron chi connectivity index (χ3n) is 5.09. The van der Waals surface area contributed by atoms with E-state index in [9.17, 15) is 17.6 Å². The summed E-state index contributed by atoms with van der Waals surface area (Å²) in [5, 5.41) is 2.56. The number of nitrogens with zero attached hydrogens (tertiary/aromatic N) is 2. The highest BCUT2D eigenvalue weighted by molar-refractivity contribution is 7.89. The Bertz CT molecular complexity index is 1050. The number of hydrogen-bond acceptors (Lipinski definition) is 5. The molecule has 10 heteroatoms. The maximum atomic E-state index is 13.5. The van der Waals surface area contributed by atoms with Gasteiger partial charge in [0.2, 0.25) is 10.0 Å². The minimum Gasteiger partial charge on any atom is -0.378 e. The molecule has 1 fully saturated rings. The van der Waals surface area contributed by atoms with E-state index in [2.05, 4.69) is 5.32 Å². The highest BCUT2D eigenvalue weighted by atomic mass is 35.5. The summed E-state index contributed by atoms with van der Waals surface area (Å²) in [5.74, 6) is -1.11. The molecule has 1 saturated heterocycles. The van der Waals surface area contributed by atoms with Crippen molar-refractivity contribution in [3.63, 3.8) is 0 Å². The standard InChI is InChI=1S/C21H25ClFN3O4S/c1-3-26(4-2)31(28,29)16-6-8-20(25-9-11-30-12-10-25)17(14-16)21(27)24-15-5-7-19(23)18(22)13-15/h5-8,13-14H,3-4,9-12H2,1-2H3,(H,24,27). The first kappa shape index (κ1) is 23.5. The summed E-state index contributed by atoms with van der Waals surface area (Å²) < 4.78 is 46.2. The molecule has 0 atom stereocenters. The SMILES string of the molecule is CCN(CC)S(=O)(=O)c1ccc(N2CCOCC2)c(C(=O)Nc2ccc(F)c(Cl)c2)c1. The fourth-order valence-corrected chi connectivity index (χ4v) is 5.09. The van der Waals surface area contributed by atoms with Crippen LogP contribution in [0.1, 0.15) is 24.2 Å². The average Bonchev–Trinajstić information content (AvgIpc) is 2.77. The fourth-order valence-electron chi connectivity index (χ4n) is 3.42. The lowest BCUT2D eigenvalue weighted by Crippen LogP contribution is -2.37. The van der Waals surface area contributed by atoms with E-state index < -0.39 is 21.7 Å². The van der Waals surface area contributed by atoms with Crippen LogP contribution >= 0.6 is 11.6 Å². The number of rotatable bonds is 7. The molecule has 2 aromatic rings. The van der Waals surface area contributed by atoms with E-state index in [0.29, 0.717) is 50.8 Å². The minimum atomic E-state index is -3.75. The molecule has 1 heterocycles. The maximum Gasteiger partial charge on any atom is 0.257 e. The Kier molecular flexibility index (Phi) is 7.53. The summed E-state index contributed by atoms with van der Waals surface area (Å²) >= 11 is 5.81. The molecule has 0 saturated carbocycles. The van der Waals surface area contributed by atoms with Gasteiger partial charge in [-0.05, 0) is 36.4 Å². The predicted octanol–water partition coefficient (Wildman–Crippen LogP) is 3.60. The smallest absolute Gasteiger partial charge is 0.257 e. The molecule has 1 aliphatic rings. The van der Waals surface area contributed by atoms with Gasteiger partial charge in [-0.2, -0.15) is 4.31 Å². The summed E-state index contributed by atoms with van der Waals surface area (Å²) in [4.78, 5) is 15.2. The second kappa shape index (κ2) is 9.95. The van der Waals surface area contributed by atoms with Crippen molar-refractivity contribution in [2.24, 2.45) is 0 Å². The number of anilines is 2. The third-order valence-corrected chi connectivity index (χ3v) is 7.42. The van der Waals surface area contributed by atoms with Gasteiger partial charge < -0.3 is 15.0 Å². The van der Waals surface area contributed by atoms with Crippen LogP contribution in [0.4, 0.5) is 15.8 Å². The van der Waals surface area contributed by atoms with Crippen LogP contribution in [-0.2, 0) is 14.8 Å². The fraction of sp³-hybridized carbons (Fsp3) is 0.381. The molecule has 1 amide bonds. The molecular formula is C21H25ClFN3O4S. The molecule has 1 aliphatic heterocycles. The van der Waals surface area contributed by atoms with Crippen LogP contribution in [0.3, 0.4) is 0 Å². The number of halogens is 2. The van der Waals surface area contributed by atoms with Gasteiger partial charge in [0, 0.05) is 37.6 Å². The number of nitrogens with one attached hydrogen (secondary N) is 1. The van der Waals surface area contributed by atoms with E-state index in [1.165, 1.54) is 28.6 Å². The second-order valence-corrected chi connectivity index (χ2v) is 9.30. The first-order valence-electron chi connectivity index (χ1n) is 10.0. The van der Waals surface area contributed by atoms with Gasteiger partial charge in [-0.25, -0.2) is 12.8 Å². The van der Waals surface area contributed by atoms with Crippen molar-refractivity contribution in [2.45, 2.75) is 18.7 Å². The zero-order valence-electron chi connectivity index (χ0n) is 17.4. The molecule has 31 heavy (non-hydrogen) atoms. The Labute approximate surface area is 186 Å². The van der Waals surface area contributed by atoms with Gasteiger partial charge in [-0.15, -0.1) is 0 Å². The van der Waals surface area contributed by atoms with E-state index in [0.717, 1.165) is 6.07 Å². The van der Waals surface area contributed by atoms with Crippen molar-refractivity contribution in [1.82, 2.24) is 4.31 Å². The van der Waals surface area contributed by atoms with Crippen molar-refractivity contribution < 1.29 is 22.3 Å². The first-order chi connectivity index (χ1) is 14.8. The van der Waals surface area contributed by atoms with E-state index in [4.69, 9.17) is 16.3 Å². The van der Waals surface area contributed by atoms with Gasteiger partial charge in [0.15, 0.2) is 0 Å². The summed E-state index contributed by atoms with van der Waals surface area (Å²) in [7, 11) is -3.75. The Balaban J connectivity index is 2.02. The molecule has 168 valence electrons. The molecule has 2 aromatic carbocycles. The molecular weight excluding hydrogens is 445 g/mol. The molecule has 3 rings (SSSR count). The maximum absolute atomic E-state index is 13.5. The lowest BCUT2D eigenvalue weighted by molar-refractivity contribution is 0.102. The van der Waals surface area contributed by atoms with Crippen molar-refractivity contribution in [2.75, 3.05) is 49.6 Å². The van der Waals surface area contributed by atoms with Crippen LogP contribution in [0, 0.1) is 5.82 Å². The number of sulfonamides is 1. The van der Waals surface area contributed by atoms with Crippen molar-refractivity contribution >= 4 is 38.9 Å². The largest absolute Gasteiger partial charge is 0.378 e. The monoisotopic (exact) mass is 469 g/mol. The van der Waals surface area contributed by atoms with Crippen molar-refractivity contribution in [3.05, 3.63) is 52.8 Å². The average molecular weight is 470 g/mol. The van der Waals surface area contributed by atoms with Crippen LogP contribution in [0.2, 0.25) is 5.02 Å². The van der Waals surface area contributed by atoms with Gasteiger partial charge in [0.1, 0.15) is 5.82 Å². The van der Waals surface area contributed by atoms with Gasteiger partial charge in [-0.1, -0.05) is 25.4 Å². The van der Waals surface area contributed by atoms with Crippen LogP contribution in [0.15, 0.2) is 41.3 Å². The lowest BCUT2D eigenvalue weighted by Gasteiger charge is -2.30.